The van der Waals surface area contributed by atoms with Crippen molar-refractivity contribution in [3.05, 3.63) is 91.1 Å². The van der Waals surface area contributed by atoms with Crippen LogP contribution in [0.15, 0.2) is 85.6 Å². The highest BCUT2D eigenvalue weighted by Gasteiger charge is 2.25. The van der Waals surface area contributed by atoms with Gasteiger partial charge >= 0.3 is 0 Å². The predicted octanol–water partition coefficient (Wildman–Crippen LogP) is 4.15. The van der Waals surface area contributed by atoms with Crippen LogP contribution in [-0.2, 0) is 9.53 Å². The fourth-order valence-corrected chi connectivity index (χ4v) is 4.38. The smallest absolute Gasteiger partial charge is 0.247 e. The van der Waals surface area contributed by atoms with Gasteiger partial charge in [0.05, 0.1) is 18.2 Å². The Hall–Kier alpha value is -4.11. The number of nitrogens with two attached hydrogens (primary N) is 1. The zero-order valence-corrected chi connectivity index (χ0v) is 19.8. The van der Waals surface area contributed by atoms with E-state index in [-0.39, 0.29) is 18.1 Å². The van der Waals surface area contributed by atoms with Gasteiger partial charge in [0.25, 0.3) is 0 Å². The Morgan fingerprint density at radius 1 is 1.14 bits per heavy atom. The van der Waals surface area contributed by atoms with E-state index in [1.165, 1.54) is 6.08 Å². The average molecular weight is 481 g/mol. The van der Waals surface area contributed by atoms with Crippen molar-refractivity contribution in [1.82, 2.24) is 15.3 Å². The van der Waals surface area contributed by atoms with E-state index in [0.29, 0.717) is 24.8 Å². The highest BCUT2D eigenvalue weighted by Crippen LogP contribution is 2.30. The molecule has 4 aromatic rings. The summed E-state index contributed by atoms with van der Waals surface area (Å²) in [6.45, 7) is 5.50. The first-order chi connectivity index (χ1) is 17.6. The quantitative estimate of drug-likeness (QED) is 0.294. The number of hydrogen-bond acceptors (Lipinski definition) is 7. The summed E-state index contributed by atoms with van der Waals surface area (Å²) in [6.07, 6.45) is 2.99. The van der Waals surface area contributed by atoms with Crippen molar-refractivity contribution in [2.45, 2.75) is 12.1 Å². The molecule has 1 unspecified atom stereocenters. The molecule has 182 valence electrons. The zero-order chi connectivity index (χ0) is 24.9. The van der Waals surface area contributed by atoms with Gasteiger partial charge in [-0.1, -0.05) is 49.0 Å². The van der Waals surface area contributed by atoms with E-state index in [1.807, 2.05) is 66.7 Å². The van der Waals surface area contributed by atoms with Gasteiger partial charge in [0.15, 0.2) is 0 Å². The SMILES string of the molecule is C=CC(=O)Nc1cccc(-c2cccc3cnc(Nc4ccc([C@@H]5OCCNC5CN)cc4)nc23)c1. The largest absolute Gasteiger partial charge is 0.371 e. The third kappa shape index (κ3) is 5.11. The van der Waals surface area contributed by atoms with Crippen molar-refractivity contribution in [1.29, 1.82) is 0 Å². The lowest BCUT2D eigenvalue weighted by molar-refractivity contribution is -0.111. The van der Waals surface area contributed by atoms with E-state index in [0.717, 1.165) is 39.8 Å². The summed E-state index contributed by atoms with van der Waals surface area (Å²) in [5, 5.41) is 10.4. The summed E-state index contributed by atoms with van der Waals surface area (Å²) in [5.74, 6) is 0.240. The molecule has 0 saturated carbocycles. The predicted molar refractivity (Wildman–Crippen MR) is 143 cm³/mol. The van der Waals surface area contributed by atoms with Crippen LogP contribution in [0.4, 0.5) is 17.3 Å². The molecule has 8 heteroatoms. The molecule has 5 N–H and O–H groups in total. The minimum absolute atomic E-state index is 0.0655. The molecule has 8 nitrogen and oxygen atoms in total. The topological polar surface area (TPSA) is 114 Å². The van der Waals surface area contributed by atoms with Crippen LogP contribution in [0, 0.1) is 0 Å². The number of benzene rings is 3. The van der Waals surface area contributed by atoms with E-state index in [9.17, 15) is 4.79 Å². The third-order valence-corrected chi connectivity index (χ3v) is 6.16. The molecular formula is C28H28N6O2. The van der Waals surface area contributed by atoms with Gasteiger partial charge in [0, 0.05) is 47.7 Å². The number of hydrogen-bond donors (Lipinski definition) is 4. The second-order valence-electron chi connectivity index (χ2n) is 8.55. The van der Waals surface area contributed by atoms with Crippen molar-refractivity contribution in [3.8, 4) is 11.1 Å². The highest BCUT2D eigenvalue weighted by molar-refractivity contribution is 6.00. The van der Waals surface area contributed by atoms with Gasteiger partial charge in [-0.3, -0.25) is 4.79 Å². The van der Waals surface area contributed by atoms with E-state index in [2.05, 4.69) is 27.5 Å². The number of fused-ring (bicyclic) bond motifs is 1. The molecule has 1 amide bonds. The summed E-state index contributed by atoms with van der Waals surface area (Å²) < 4.78 is 5.95. The molecule has 0 bridgehead atoms. The number of amides is 1. The van der Waals surface area contributed by atoms with E-state index < -0.39 is 0 Å². The van der Waals surface area contributed by atoms with Crippen LogP contribution in [-0.4, -0.2) is 41.6 Å². The molecule has 3 aromatic carbocycles. The van der Waals surface area contributed by atoms with Crippen LogP contribution in [0.5, 0.6) is 0 Å². The molecule has 36 heavy (non-hydrogen) atoms. The summed E-state index contributed by atoms with van der Waals surface area (Å²) in [6, 6.07) is 21.8. The number of nitrogens with one attached hydrogen (secondary N) is 3. The van der Waals surface area contributed by atoms with Crippen molar-refractivity contribution in [3.63, 3.8) is 0 Å². The second-order valence-corrected chi connectivity index (χ2v) is 8.55. The van der Waals surface area contributed by atoms with E-state index in [4.69, 9.17) is 15.5 Å². The third-order valence-electron chi connectivity index (χ3n) is 6.16. The Morgan fingerprint density at radius 3 is 2.78 bits per heavy atom. The average Bonchev–Trinajstić information content (AvgIpc) is 2.93. The molecule has 2 atom stereocenters. The van der Waals surface area contributed by atoms with Crippen molar-refractivity contribution in [2.24, 2.45) is 5.73 Å². The number of aromatic nitrogens is 2. The van der Waals surface area contributed by atoms with Gasteiger partial charge in [-0.25, -0.2) is 9.97 Å². The molecule has 1 aliphatic heterocycles. The minimum Gasteiger partial charge on any atom is -0.371 e. The second kappa shape index (κ2) is 10.7. The van der Waals surface area contributed by atoms with Crippen LogP contribution >= 0.6 is 0 Å². The first-order valence-electron chi connectivity index (χ1n) is 11.9. The van der Waals surface area contributed by atoms with Gasteiger partial charge in [-0.05, 0) is 41.5 Å². The maximum Gasteiger partial charge on any atom is 0.247 e. The normalized spacial score (nSPS) is 17.5. The minimum atomic E-state index is -0.255. The number of carbonyl (C=O) groups excluding carboxylic acids is 1. The van der Waals surface area contributed by atoms with Crippen molar-refractivity contribution < 1.29 is 9.53 Å². The van der Waals surface area contributed by atoms with Gasteiger partial charge < -0.3 is 26.4 Å². The Morgan fingerprint density at radius 2 is 1.97 bits per heavy atom. The number of anilines is 3. The maximum absolute atomic E-state index is 11.7. The van der Waals surface area contributed by atoms with Gasteiger partial charge in [0.2, 0.25) is 11.9 Å². The monoisotopic (exact) mass is 480 g/mol. The molecule has 2 heterocycles. The molecule has 5 rings (SSSR count). The van der Waals surface area contributed by atoms with Crippen LogP contribution in [0.2, 0.25) is 0 Å². The number of morpholine rings is 1. The van der Waals surface area contributed by atoms with Crippen molar-refractivity contribution >= 4 is 34.1 Å². The van der Waals surface area contributed by atoms with Gasteiger partial charge in [0.1, 0.15) is 0 Å². The molecule has 1 aliphatic rings. The van der Waals surface area contributed by atoms with Crippen LogP contribution in [0.25, 0.3) is 22.0 Å². The van der Waals surface area contributed by atoms with Gasteiger partial charge in [-0.15, -0.1) is 0 Å². The number of ether oxygens (including phenoxy) is 1. The Kier molecular flexibility index (Phi) is 6.99. The zero-order valence-electron chi connectivity index (χ0n) is 19.8. The number of rotatable bonds is 7. The van der Waals surface area contributed by atoms with Crippen LogP contribution in [0.1, 0.15) is 11.7 Å². The molecule has 0 radical (unpaired) electrons. The summed E-state index contributed by atoms with van der Waals surface area (Å²) >= 11 is 0. The van der Waals surface area contributed by atoms with Crippen LogP contribution in [0.3, 0.4) is 0 Å². The standard InChI is InChI=1S/C28H28N6O2/c1-2-25(35)32-22-7-3-5-19(15-22)23-8-4-6-20-17-31-28(34-26(20)23)33-21-11-9-18(10-12-21)27-24(16-29)30-13-14-36-27/h2-12,15,17,24,27,30H,1,13-14,16,29H2,(H,32,35)(H,31,33,34)/t24?,27-/m0/s1. The van der Waals surface area contributed by atoms with Crippen LogP contribution < -0.4 is 21.7 Å². The van der Waals surface area contributed by atoms with E-state index in [1.54, 1.807) is 6.20 Å². The molecule has 1 fully saturated rings. The number of carbonyl (C=O) groups is 1. The summed E-state index contributed by atoms with van der Waals surface area (Å²) in [7, 11) is 0. The lowest BCUT2D eigenvalue weighted by Crippen LogP contribution is -2.47. The number of nitrogens with zero attached hydrogens (tertiary/aromatic N) is 2. The summed E-state index contributed by atoms with van der Waals surface area (Å²) in [4.78, 5) is 21.0. The maximum atomic E-state index is 11.7. The fourth-order valence-electron chi connectivity index (χ4n) is 4.38. The lowest BCUT2D eigenvalue weighted by atomic mass is 10.0. The molecule has 1 saturated heterocycles. The first-order valence-corrected chi connectivity index (χ1v) is 11.9. The molecule has 1 aromatic heterocycles. The molecule has 0 aliphatic carbocycles. The Labute approximate surface area is 209 Å². The van der Waals surface area contributed by atoms with Crippen molar-refractivity contribution in [2.75, 3.05) is 30.3 Å². The number of para-hydroxylation sites is 1. The van der Waals surface area contributed by atoms with E-state index >= 15 is 0 Å². The fraction of sp³-hybridized carbons (Fsp3) is 0.179. The highest BCUT2D eigenvalue weighted by atomic mass is 16.5. The Bertz CT molecular complexity index is 1390. The summed E-state index contributed by atoms with van der Waals surface area (Å²) in [5.41, 5.74) is 11.2. The lowest BCUT2D eigenvalue weighted by Gasteiger charge is -2.32. The van der Waals surface area contributed by atoms with Gasteiger partial charge in [-0.2, -0.15) is 0 Å². The first kappa shape index (κ1) is 23.6. The molecular weight excluding hydrogens is 452 g/mol. The molecule has 0 spiro atoms. The Balaban J connectivity index is 1.40.